The van der Waals surface area contributed by atoms with Crippen LogP contribution in [-0.2, 0) is 4.74 Å². The lowest BCUT2D eigenvalue weighted by Crippen LogP contribution is -2.42. The van der Waals surface area contributed by atoms with Gasteiger partial charge < -0.3 is 10.5 Å². The molecule has 2 nitrogen and oxygen atoms in total. The molecule has 1 aliphatic carbocycles. The van der Waals surface area contributed by atoms with E-state index in [0.29, 0.717) is 11.3 Å². The van der Waals surface area contributed by atoms with Gasteiger partial charge in [-0.2, -0.15) is 0 Å². The first-order valence-corrected chi connectivity index (χ1v) is 6.72. The van der Waals surface area contributed by atoms with Crippen LogP contribution in [0.4, 0.5) is 0 Å². The van der Waals surface area contributed by atoms with E-state index in [4.69, 9.17) is 10.5 Å². The van der Waals surface area contributed by atoms with Gasteiger partial charge in [-0.15, -0.1) is 11.8 Å². The largest absolute Gasteiger partial charge is 0.379 e. The molecule has 3 unspecified atom stereocenters. The Morgan fingerprint density at radius 2 is 2.14 bits per heavy atom. The van der Waals surface area contributed by atoms with Crippen molar-refractivity contribution in [2.75, 3.05) is 13.2 Å². The van der Waals surface area contributed by atoms with Crippen molar-refractivity contribution < 1.29 is 4.74 Å². The predicted molar refractivity (Wildman–Crippen MR) is 61.6 cm³/mol. The van der Waals surface area contributed by atoms with Crippen molar-refractivity contribution in [1.82, 2.24) is 0 Å². The van der Waals surface area contributed by atoms with Crippen LogP contribution in [0, 0.1) is 5.92 Å². The highest BCUT2D eigenvalue weighted by Crippen LogP contribution is 2.36. The molecule has 1 aliphatic heterocycles. The van der Waals surface area contributed by atoms with Crippen LogP contribution in [0.1, 0.15) is 32.6 Å². The van der Waals surface area contributed by atoms with E-state index in [9.17, 15) is 0 Å². The third-order valence-corrected chi connectivity index (χ3v) is 5.05. The Hall–Kier alpha value is 0.270. The fraction of sp³-hybridized carbons (Fsp3) is 1.00. The second-order valence-electron chi connectivity index (χ2n) is 4.59. The number of ether oxygens (including phenoxy) is 1. The Bertz CT molecular complexity index is 182. The van der Waals surface area contributed by atoms with Gasteiger partial charge in [0.15, 0.2) is 0 Å². The molecule has 0 aromatic heterocycles. The van der Waals surface area contributed by atoms with Gasteiger partial charge in [0.25, 0.3) is 0 Å². The Balaban J connectivity index is 1.80. The first-order valence-electron chi connectivity index (χ1n) is 5.78. The third kappa shape index (κ3) is 2.44. The monoisotopic (exact) mass is 215 g/mol. The van der Waals surface area contributed by atoms with E-state index in [1.165, 1.54) is 25.7 Å². The van der Waals surface area contributed by atoms with E-state index in [0.717, 1.165) is 24.4 Å². The summed E-state index contributed by atoms with van der Waals surface area (Å²) in [7, 11) is 0. The molecule has 0 radical (unpaired) electrons. The molecule has 1 saturated heterocycles. The zero-order chi connectivity index (χ0) is 9.97. The fourth-order valence-corrected chi connectivity index (χ4v) is 3.87. The average molecular weight is 215 g/mol. The van der Waals surface area contributed by atoms with Crippen molar-refractivity contribution in [2.45, 2.75) is 49.1 Å². The van der Waals surface area contributed by atoms with Crippen molar-refractivity contribution in [2.24, 2.45) is 11.7 Å². The highest BCUT2D eigenvalue weighted by Gasteiger charge is 2.31. The van der Waals surface area contributed by atoms with Crippen LogP contribution in [0.15, 0.2) is 0 Å². The minimum atomic E-state index is 0.434. The van der Waals surface area contributed by atoms with E-state index < -0.39 is 0 Å². The quantitative estimate of drug-likeness (QED) is 0.782. The minimum absolute atomic E-state index is 0.434. The molecule has 0 amide bonds. The predicted octanol–water partition coefficient (Wildman–Crippen LogP) is 2.02. The second-order valence-corrected chi connectivity index (χ2v) is 6.13. The zero-order valence-corrected chi connectivity index (χ0v) is 9.76. The van der Waals surface area contributed by atoms with Gasteiger partial charge in [-0.1, -0.05) is 13.3 Å². The molecule has 3 atom stereocenters. The van der Waals surface area contributed by atoms with Gasteiger partial charge in [0, 0.05) is 11.3 Å². The maximum atomic E-state index is 6.16. The molecule has 2 fully saturated rings. The highest BCUT2D eigenvalue weighted by atomic mass is 32.2. The number of hydrogen-bond acceptors (Lipinski definition) is 3. The van der Waals surface area contributed by atoms with Crippen LogP contribution in [0.2, 0.25) is 0 Å². The summed E-state index contributed by atoms with van der Waals surface area (Å²) >= 11 is 2.08. The normalized spacial score (nSPS) is 39.4. The molecule has 1 saturated carbocycles. The molecule has 2 rings (SSSR count). The Labute approximate surface area is 91.0 Å². The summed E-state index contributed by atoms with van der Waals surface area (Å²) in [4.78, 5) is 0. The molecule has 2 N–H and O–H groups in total. The highest BCUT2D eigenvalue weighted by molar-refractivity contribution is 8.00. The number of nitrogens with two attached hydrogens (primary N) is 1. The second kappa shape index (κ2) is 4.86. The van der Waals surface area contributed by atoms with E-state index >= 15 is 0 Å². The van der Waals surface area contributed by atoms with Crippen LogP contribution < -0.4 is 5.73 Å². The van der Waals surface area contributed by atoms with E-state index in [-0.39, 0.29) is 0 Å². The molecule has 0 aromatic carbocycles. The van der Waals surface area contributed by atoms with Gasteiger partial charge in [0.2, 0.25) is 0 Å². The smallest absolute Gasteiger partial charge is 0.0608 e. The van der Waals surface area contributed by atoms with Gasteiger partial charge in [-0.25, -0.2) is 0 Å². The van der Waals surface area contributed by atoms with Crippen molar-refractivity contribution in [3.05, 3.63) is 0 Å². The molecular weight excluding hydrogens is 194 g/mol. The summed E-state index contributed by atoms with van der Waals surface area (Å²) in [5, 5.41) is 1.43. The van der Waals surface area contributed by atoms with Crippen LogP contribution in [0.3, 0.4) is 0 Å². The summed E-state index contributed by atoms with van der Waals surface area (Å²) < 4.78 is 5.20. The van der Waals surface area contributed by atoms with Crippen LogP contribution in [0.5, 0.6) is 0 Å². The fourth-order valence-electron chi connectivity index (χ4n) is 2.30. The standard InChI is InChI=1S/C11H21NOS/c1-2-8-3-4-10(12)11(5-8)14-9-6-13-7-9/h8-11H,2-7,12H2,1H3. The van der Waals surface area contributed by atoms with Gasteiger partial charge in [0.05, 0.1) is 18.5 Å². The molecule has 3 heteroatoms. The van der Waals surface area contributed by atoms with Gasteiger partial charge in [-0.05, 0) is 25.2 Å². The summed E-state index contributed by atoms with van der Waals surface area (Å²) in [5.41, 5.74) is 6.16. The molecule has 0 spiro atoms. The Morgan fingerprint density at radius 1 is 1.36 bits per heavy atom. The summed E-state index contributed by atoms with van der Waals surface area (Å²) in [6.07, 6.45) is 5.23. The molecule has 2 aliphatic rings. The molecule has 82 valence electrons. The number of hydrogen-bond donors (Lipinski definition) is 1. The number of rotatable bonds is 3. The van der Waals surface area contributed by atoms with Crippen molar-refractivity contribution in [3.63, 3.8) is 0 Å². The first kappa shape index (κ1) is 10.8. The molecular formula is C11H21NOS. The minimum Gasteiger partial charge on any atom is -0.379 e. The van der Waals surface area contributed by atoms with Gasteiger partial charge >= 0.3 is 0 Å². The van der Waals surface area contributed by atoms with Crippen molar-refractivity contribution in [1.29, 1.82) is 0 Å². The lowest BCUT2D eigenvalue weighted by Gasteiger charge is -2.37. The topological polar surface area (TPSA) is 35.2 Å². The van der Waals surface area contributed by atoms with Crippen LogP contribution in [0.25, 0.3) is 0 Å². The first-order chi connectivity index (χ1) is 6.79. The third-order valence-electron chi connectivity index (χ3n) is 3.50. The van der Waals surface area contributed by atoms with Crippen molar-refractivity contribution >= 4 is 11.8 Å². The maximum Gasteiger partial charge on any atom is 0.0608 e. The number of thioether (sulfide) groups is 1. The summed E-state index contributed by atoms with van der Waals surface area (Å²) in [6.45, 7) is 4.20. The SMILES string of the molecule is CCC1CCC(N)C(SC2COC2)C1. The van der Waals surface area contributed by atoms with E-state index in [1.807, 2.05) is 0 Å². The molecule has 1 heterocycles. The van der Waals surface area contributed by atoms with Crippen LogP contribution >= 0.6 is 11.8 Å². The van der Waals surface area contributed by atoms with Gasteiger partial charge in [-0.3, -0.25) is 0 Å². The molecule has 0 aromatic rings. The lowest BCUT2D eigenvalue weighted by atomic mass is 9.84. The Kier molecular flexibility index (Phi) is 3.74. The van der Waals surface area contributed by atoms with Crippen LogP contribution in [-0.4, -0.2) is 29.8 Å². The average Bonchev–Trinajstić information content (AvgIpc) is 2.14. The van der Waals surface area contributed by atoms with Crippen molar-refractivity contribution in [3.8, 4) is 0 Å². The van der Waals surface area contributed by atoms with E-state index in [1.54, 1.807) is 0 Å². The molecule has 14 heavy (non-hydrogen) atoms. The maximum absolute atomic E-state index is 6.16. The van der Waals surface area contributed by atoms with E-state index in [2.05, 4.69) is 18.7 Å². The zero-order valence-electron chi connectivity index (χ0n) is 8.95. The Morgan fingerprint density at radius 3 is 2.71 bits per heavy atom. The summed E-state index contributed by atoms with van der Waals surface area (Å²) in [6, 6.07) is 0.434. The summed E-state index contributed by atoms with van der Waals surface area (Å²) in [5.74, 6) is 0.924. The van der Waals surface area contributed by atoms with Gasteiger partial charge in [0.1, 0.15) is 0 Å². The molecule has 0 bridgehead atoms. The lowest BCUT2D eigenvalue weighted by molar-refractivity contribution is 0.0450.